The number of halogens is 3. The number of nitrogens with one attached hydrogen (secondary N) is 3. The van der Waals surface area contributed by atoms with Gasteiger partial charge in [0.2, 0.25) is 0 Å². The molecule has 1 aliphatic heterocycles. The maximum absolute atomic E-state index is 13.3. The topological polar surface area (TPSA) is 73.4 Å². The highest BCUT2D eigenvalue weighted by Crippen LogP contribution is 2.18. The van der Waals surface area contributed by atoms with Crippen LogP contribution in [0.3, 0.4) is 0 Å². The van der Waals surface area contributed by atoms with Crippen LogP contribution in [0.4, 0.5) is 23.7 Å². The predicted octanol–water partition coefficient (Wildman–Crippen LogP) is 0.948. The SMILES string of the molecule is O=C(Nc1cc(F)c(F)cc1F)N[C@@H]1CNCC[C@H]1O. The fraction of sp³-hybridized carbons (Fsp3) is 0.417. The molecule has 0 spiro atoms. The lowest BCUT2D eigenvalue weighted by molar-refractivity contribution is 0.103. The van der Waals surface area contributed by atoms with Crippen molar-refractivity contribution in [3.05, 3.63) is 29.6 Å². The first-order valence-electron chi connectivity index (χ1n) is 6.08. The zero-order valence-corrected chi connectivity index (χ0v) is 10.4. The fourth-order valence-corrected chi connectivity index (χ4v) is 1.94. The van der Waals surface area contributed by atoms with Crippen molar-refractivity contribution < 1.29 is 23.1 Å². The molecule has 2 amide bonds. The fourth-order valence-electron chi connectivity index (χ4n) is 1.94. The summed E-state index contributed by atoms with van der Waals surface area (Å²) >= 11 is 0. The smallest absolute Gasteiger partial charge is 0.319 e. The first-order valence-corrected chi connectivity index (χ1v) is 6.08. The molecule has 2 rings (SSSR count). The summed E-state index contributed by atoms with van der Waals surface area (Å²) in [5, 5.41) is 17.1. The monoisotopic (exact) mass is 289 g/mol. The van der Waals surface area contributed by atoms with Gasteiger partial charge in [-0.3, -0.25) is 0 Å². The summed E-state index contributed by atoms with van der Waals surface area (Å²) in [7, 11) is 0. The Balaban J connectivity index is 1.99. The number of carbonyl (C=O) groups excluding carboxylic acids is 1. The molecule has 5 nitrogen and oxygen atoms in total. The number of amides is 2. The van der Waals surface area contributed by atoms with Crippen molar-refractivity contribution in [1.29, 1.82) is 0 Å². The number of aliphatic hydroxyl groups is 1. The van der Waals surface area contributed by atoms with E-state index in [0.29, 0.717) is 31.6 Å². The van der Waals surface area contributed by atoms with Crippen molar-refractivity contribution in [2.45, 2.75) is 18.6 Å². The van der Waals surface area contributed by atoms with Crippen LogP contribution in [0.25, 0.3) is 0 Å². The van der Waals surface area contributed by atoms with Gasteiger partial charge in [-0.05, 0) is 13.0 Å². The standard InChI is InChI=1S/C12H14F3N3O2/c13-6-3-8(15)9(4-7(6)14)17-12(20)18-10-5-16-2-1-11(10)19/h3-4,10-11,16,19H,1-2,5H2,(H2,17,18,20)/t10-,11-/m1/s1. The number of piperidine rings is 1. The molecule has 20 heavy (non-hydrogen) atoms. The minimum absolute atomic E-state index is 0.349. The molecule has 0 saturated carbocycles. The third kappa shape index (κ3) is 3.40. The quantitative estimate of drug-likeness (QED) is 0.612. The minimum Gasteiger partial charge on any atom is -0.391 e. The molecule has 0 aromatic heterocycles. The number of urea groups is 1. The molecule has 0 aliphatic carbocycles. The Morgan fingerprint density at radius 3 is 2.65 bits per heavy atom. The zero-order valence-electron chi connectivity index (χ0n) is 10.4. The third-order valence-electron chi connectivity index (χ3n) is 3.02. The highest BCUT2D eigenvalue weighted by molar-refractivity contribution is 5.89. The Bertz CT molecular complexity index is 513. The summed E-state index contributed by atoms with van der Waals surface area (Å²) in [4.78, 5) is 11.6. The van der Waals surface area contributed by atoms with E-state index < -0.39 is 41.3 Å². The number of anilines is 1. The number of aliphatic hydroxyl groups excluding tert-OH is 1. The molecule has 1 fully saturated rings. The summed E-state index contributed by atoms with van der Waals surface area (Å²) in [6.45, 7) is 1.01. The van der Waals surface area contributed by atoms with E-state index in [1.165, 1.54) is 0 Å². The lowest BCUT2D eigenvalue weighted by Crippen LogP contribution is -2.54. The van der Waals surface area contributed by atoms with E-state index in [0.717, 1.165) is 0 Å². The van der Waals surface area contributed by atoms with E-state index in [-0.39, 0.29) is 0 Å². The van der Waals surface area contributed by atoms with Crippen LogP contribution in [0.1, 0.15) is 6.42 Å². The van der Waals surface area contributed by atoms with Crippen LogP contribution in [-0.4, -0.2) is 36.4 Å². The Labute approximate surface area is 113 Å². The van der Waals surface area contributed by atoms with Gasteiger partial charge in [0.25, 0.3) is 0 Å². The van der Waals surface area contributed by atoms with Crippen molar-refractivity contribution in [1.82, 2.24) is 10.6 Å². The number of benzene rings is 1. The van der Waals surface area contributed by atoms with Gasteiger partial charge in [0.15, 0.2) is 11.6 Å². The van der Waals surface area contributed by atoms with Gasteiger partial charge in [-0.1, -0.05) is 0 Å². The molecule has 1 heterocycles. The molecule has 8 heteroatoms. The van der Waals surface area contributed by atoms with Crippen molar-refractivity contribution in [2.24, 2.45) is 0 Å². The molecule has 0 bridgehead atoms. The zero-order chi connectivity index (χ0) is 14.7. The number of rotatable bonds is 2. The van der Waals surface area contributed by atoms with Gasteiger partial charge in [-0.2, -0.15) is 0 Å². The molecule has 1 aromatic rings. The van der Waals surface area contributed by atoms with Gasteiger partial charge in [-0.15, -0.1) is 0 Å². The van der Waals surface area contributed by atoms with Crippen LogP contribution in [0.5, 0.6) is 0 Å². The van der Waals surface area contributed by atoms with Crippen molar-refractivity contribution >= 4 is 11.7 Å². The van der Waals surface area contributed by atoms with Crippen LogP contribution in [-0.2, 0) is 0 Å². The highest BCUT2D eigenvalue weighted by atomic mass is 19.2. The van der Waals surface area contributed by atoms with Gasteiger partial charge in [-0.25, -0.2) is 18.0 Å². The molecule has 4 N–H and O–H groups in total. The second-order valence-corrected chi connectivity index (χ2v) is 4.51. The van der Waals surface area contributed by atoms with Gasteiger partial charge >= 0.3 is 6.03 Å². The van der Waals surface area contributed by atoms with Crippen LogP contribution in [0.15, 0.2) is 12.1 Å². The average molecular weight is 289 g/mol. The lowest BCUT2D eigenvalue weighted by Gasteiger charge is -2.29. The van der Waals surface area contributed by atoms with Crippen molar-refractivity contribution in [2.75, 3.05) is 18.4 Å². The van der Waals surface area contributed by atoms with E-state index >= 15 is 0 Å². The Kier molecular flexibility index (Phi) is 4.46. The number of hydrogen-bond acceptors (Lipinski definition) is 3. The molecule has 1 aromatic carbocycles. The molecule has 0 unspecified atom stereocenters. The third-order valence-corrected chi connectivity index (χ3v) is 3.02. The molecule has 110 valence electrons. The van der Waals surface area contributed by atoms with E-state index in [9.17, 15) is 23.1 Å². The summed E-state index contributed by atoms with van der Waals surface area (Å²) in [6.07, 6.45) is -0.235. The number of carbonyl (C=O) groups is 1. The summed E-state index contributed by atoms with van der Waals surface area (Å²) in [5.41, 5.74) is -0.473. The molecular formula is C12H14F3N3O2. The van der Waals surface area contributed by atoms with Gasteiger partial charge in [0.05, 0.1) is 17.8 Å². The van der Waals surface area contributed by atoms with Crippen LogP contribution < -0.4 is 16.0 Å². The minimum atomic E-state index is -1.33. The average Bonchev–Trinajstić information content (AvgIpc) is 2.39. The summed E-state index contributed by atoms with van der Waals surface area (Å²) < 4.78 is 39.0. The Morgan fingerprint density at radius 2 is 1.95 bits per heavy atom. The summed E-state index contributed by atoms with van der Waals surface area (Å²) in [5.74, 6) is -3.68. The predicted molar refractivity (Wildman–Crippen MR) is 65.8 cm³/mol. The largest absolute Gasteiger partial charge is 0.391 e. The van der Waals surface area contributed by atoms with Crippen molar-refractivity contribution in [3.63, 3.8) is 0 Å². The molecular weight excluding hydrogens is 275 g/mol. The Hall–Kier alpha value is -1.80. The second kappa shape index (κ2) is 6.10. The molecule has 1 saturated heterocycles. The first-order chi connectivity index (χ1) is 9.47. The highest BCUT2D eigenvalue weighted by Gasteiger charge is 2.24. The van der Waals surface area contributed by atoms with Crippen LogP contribution in [0, 0.1) is 17.5 Å². The van der Waals surface area contributed by atoms with E-state index in [2.05, 4.69) is 16.0 Å². The summed E-state index contributed by atoms with van der Waals surface area (Å²) in [6, 6.07) is -0.429. The maximum atomic E-state index is 13.3. The molecule has 0 radical (unpaired) electrons. The van der Waals surface area contributed by atoms with E-state index in [1.54, 1.807) is 0 Å². The van der Waals surface area contributed by atoms with Crippen molar-refractivity contribution in [3.8, 4) is 0 Å². The van der Waals surface area contributed by atoms with Gasteiger partial charge < -0.3 is 21.1 Å². The van der Waals surface area contributed by atoms with Gasteiger partial charge in [0, 0.05) is 18.7 Å². The second-order valence-electron chi connectivity index (χ2n) is 4.51. The van der Waals surface area contributed by atoms with E-state index in [4.69, 9.17) is 0 Å². The normalized spacial score (nSPS) is 22.4. The number of hydrogen-bond donors (Lipinski definition) is 4. The lowest BCUT2D eigenvalue weighted by atomic mass is 10.0. The van der Waals surface area contributed by atoms with Crippen LogP contribution in [0.2, 0.25) is 0 Å². The first kappa shape index (κ1) is 14.6. The van der Waals surface area contributed by atoms with Gasteiger partial charge in [0.1, 0.15) is 5.82 Å². The van der Waals surface area contributed by atoms with E-state index in [1.807, 2.05) is 0 Å². The molecule has 2 atom stereocenters. The maximum Gasteiger partial charge on any atom is 0.319 e. The van der Waals surface area contributed by atoms with Crippen LogP contribution >= 0.6 is 0 Å². The Morgan fingerprint density at radius 1 is 1.25 bits per heavy atom. The molecule has 1 aliphatic rings.